The van der Waals surface area contributed by atoms with Gasteiger partial charge in [0, 0.05) is 25.4 Å². The number of para-hydroxylation sites is 1. The molecule has 0 amide bonds. The molecule has 0 saturated heterocycles. The molecule has 1 atom stereocenters. The number of nitrogens with one attached hydrogen (secondary N) is 2. The summed E-state index contributed by atoms with van der Waals surface area (Å²) in [4.78, 5) is 8.93. The molecule has 3 heterocycles. The number of aliphatic imine (C=N–C) groups is 1. The zero-order chi connectivity index (χ0) is 17.9. The van der Waals surface area contributed by atoms with Crippen molar-refractivity contribution in [3.63, 3.8) is 0 Å². The van der Waals surface area contributed by atoms with Crippen LogP contribution in [-0.2, 0) is 13.0 Å². The van der Waals surface area contributed by atoms with Crippen molar-refractivity contribution < 1.29 is 4.74 Å². The van der Waals surface area contributed by atoms with Crippen molar-refractivity contribution in [3.05, 3.63) is 65.6 Å². The quantitative estimate of drug-likeness (QED) is 0.345. The number of nitrogens with zero attached hydrogens (tertiary/aromatic N) is 3. The highest BCUT2D eigenvalue weighted by Crippen LogP contribution is 2.27. The average Bonchev–Trinajstić information content (AvgIpc) is 3.26. The van der Waals surface area contributed by atoms with Crippen molar-refractivity contribution in [2.45, 2.75) is 26.0 Å². The van der Waals surface area contributed by atoms with Gasteiger partial charge in [-0.05, 0) is 30.7 Å². The number of aryl methyl sites for hydroxylation is 1. The molecule has 6 nitrogen and oxygen atoms in total. The zero-order valence-electron chi connectivity index (χ0n) is 15.5. The number of hydrogen-bond acceptors (Lipinski definition) is 3. The molecule has 3 aromatic rings. The number of pyridine rings is 1. The average molecular weight is 477 g/mol. The Morgan fingerprint density at radius 2 is 2.07 bits per heavy atom. The molecule has 2 aromatic heterocycles. The lowest BCUT2D eigenvalue weighted by Crippen LogP contribution is -2.42. The van der Waals surface area contributed by atoms with E-state index in [1.54, 1.807) is 7.05 Å². The van der Waals surface area contributed by atoms with E-state index in [1.165, 1.54) is 11.3 Å². The van der Waals surface area contributed by atoms with Crippen LogP contribution in [0.5, 0.6) is 5.75 Å². The number of halogens is 1. The van der Waals surface area contributed by atoms with Crippen LogP contribution in [0.1, 0.15) is 17.0 Å². The molecule has 1 unspecified atom stereocenters. The number of aromatic nitrogens is 2. The molecule has 0 bridgehead atoms. The Balaban J connectivity index is 0.00000210. The van der Waals surface area contributed by atoms with Gasteiger partial charge in [0.1, 0.15) is 17.5 Å². The maximum Gasteiger partial charge on any atom is 0.191 e. The lowest BCUT2D eigenvalue weighted by Gasteiger charge is -2.15. The molecular weight excluding hydrogens is 453 g/mol. The lowest BCUT2D eigenvalue weighted by molar-refractivity contribution is 0.235. The van der Waals surface area contributed by atoms with Crippen LogP contribution in [0.25, 0.3) is 5.65 Å². The van der Waals surface area contributed by atoms with Gasteiger partial charge >= 0.3 is 0 Å². The largest absolute Gasteiger partial charge is 0.488 e. The Morgan fingerprint density at radius 3 is 2.85 bits per heavy atom. The fraction of sp³-hybridized carbons (Fsp3) is 0.300. The first-order valence-electron chi connectivity index (χ1n) is 8.85. The first-order valence-corrected chi connectivity index (χ1v) is 8.85. The predicted molar refractivity (Wildman–Crippen MR) is 118 cm³/mol. The number of rotatable bonds is 4. The molecule has 0 aliphatic carbocycles. The van der Waals surface area contributed by atoms with Crippen molar-refractivity contribution in [1.82, 2.24) is 20.0 Å². The van der Waals surface area contributed by atoms with Crippen LogP contribution in [-0.4, -0.2) is 35.0 Å². The molecule has 7 heteroatoms. The minimum atomic E-state index is 0. The molecule has 0 spiro atoms. The van der Waals surface area contributed by atoms with Gasteiger partial charge < -0.3 is 19.8 Å². The fourth-order valence-corrected chi connectivity index (χ4v) is 3.26. The van der Waals surface area contributed by atoms with E-state index >= 15 is 0 Å². The lowest BCUT2D eigenvalue weighted by atomic mass is 10.1. The maximum absolute atomic E-state index is 5.96. The van der Waals surface area contributed by atoms with Gasteiger partial charge in [0.2, 0.25) is 0 Å². The second-order valence-electron chi connectivity index (χ2n) is 6.49. The number of imidazole rings is 1. The second kappa shape index (κ2) is 8.60. The first-order chi connectivity index (χ1) is 12.7. The third-order valence-corrected chi connectivity index (χ3v) is 4.62. The van der Waals surface area contributed by atoms with Gasteiger partial charge in [-0.25, -0.2) is 4.98 Å². The summed E-state index contributed by atoms with van der Waals surface area (Å²) in [5, 5.41) is 6.66. The molecule has 1 aromatic carbocycles. The van der Waals surface area contributed by atoms with Crippen LogP contribution in [0.15, 0.2) is 53.7 Å². The van der Waals surface area contributed by atoms with Crippen molar-refractivity contribution in [3.8, 4) is 5.75 Å². The third kappa shape index (κ3) is 4.35. The van der Waals surface area contributed by atoms with E-state index in [0.29, 0.717) is 13.1 Å². The predicted octanol–water partition coefficient (Wildman–Crippen LogP) is 2.93. The second-order valence-corrected chi connectivity index (χ2v) is 6.49. The smallest absolute Gasteiger partial charge is 0.191 e. The first kappa shape index (κ1) is 19.5. The third-order valence-electron chi connectivity index (χ3n) is 4.62. The molecule has 0 fully saturated rings. The van der Waals surface area contributed by atoms with Gasteiger partial charge in [-0.15, -0.1) is 24.0 Å². The van der Waals surface area contributed by atoms with Crippen molar-refractivity contribution in [2.75, 3.05) is 13.6 Å². The summed E-state index contributed by atoms with van der Waals surface area (Å²) < 4.78 is 8.05. The van der Waals surface area contributed by atoms with E-state index in [0.717, 1.165) is 29.5 Å². The van der Waals surface area contributed by atoms with Crippen molar-refractivity contribution in [1.29, 1.82) is 0 Å². The maximum atomic E-state index is 5.96. The Morgan fingerprint density at radius 1 is 1.22 bits per heavy atom. The summed E-state index contributed by atoms with van der Waals surface area (Å²) in [6.07, 6.45) is 3.11. The Kier molecular flexibility index (Phi) is 6.20. The highest BCUT2D eigenvalue weighted by Gasteiger charge is 2.22. The topological polar surface area (TPSA) is 63.0 Å². The SMILES string of the molecule is CN=C(NCc1cn2c(C)cccc2n1)NCC1Cc2ccccc2O1.I. The minimum absolute atomic E-state index is 0. The van der Waals surface area contributed by atoms with Crippen molar-refractivity contribution in [2.24, 2.45) is 4.99 Å². The Hall–Kier alpha value is -2.29. The minimum Gasteiger partial charge on any atom is -0.488 e. The standard InChI is InChI=1S/C20H23N5O.HI/c1-14-6-5-9-19-24-16(13-25(14)19)11-22-20(21-2)23-12-17-10-15-7-3-4-8-18(15)26-17;/h3-9,13,17H,10-12H2,1-2H3,(H2,21,22,23);1H. The molecule has 27 heavy (non-hydrogen) atoms. The van der Waals surface area contributed by atoms with Crippen LogP contribution in [0, 0.1) is 6.92 Å². The molecule has 2 N–H and O–H groups in total. The van der Waals surface area contributed by atoms with E-state index in [4.69, 9.17) is 4.74 Å². The van der Waals surface area contributed by atoms with Crippen LogP contribution >= 0.6 is 24.0 Å². The van der Waals surface area contributed by atoms with E-state index in [2.05, 4.69) is 56.3 Å². The number of hydrogen-bond donors (Lipinski definition) is 2. The summed E-state index contributed by atoms with van der Waals surface area (Å²) in [7, 11) is 1.77. The van der Waals surface area contributed by atoms with Gasteiger partial charge in [0.15, 0.2) is 5.96 Å². The van der Waals surface area contributed by atoms with Crippen LogP contribution in [0.2, 0.25) is 0 Å². The van der Waals surface area contributed by atoms with E-state index < -0.39 is 0 Å². The highest BCUT2D eigenvalue weighted by molar-refractivity contribution is 14.0. The highest BCUT2D eigenvalue weighted by atomic mass is 127. The molecule has 142 valence electrons. The number of fused-ring (bicyclic) bond motifs is 2. The zero-order valence-corrected chi connectivity index (χ0v) is 17.8. The number of benzene rings is 1. The van der Waals surface area contributed by atoms with E-state index in [1.807, 2.05) is 24.3 Å². The van der Waals surface area contributed by atoms with Crippen LogP contribution in [0.4, 0.5) is 0 Å². The fourth-order valence-electron chi connectivity index (χ4n) is 3.26. The normalized spacial score (nSPS) is 15.8. The van der Waals surface area contributed by atoms with E-state index in [9.17, 15) is 0 Å². The molecular formula is C20H24IN5O. The van der Waals surface area contributed by atoms with Gasteiger partial charge in [0.25, 0.3) is 0 Å². The van der Waals surface area contributed by atoms with E-state index in [-0.39, 0.29) is 30.1 Å². The molecule has 1 aliphatic heterocycles. The Bertz CT molecular complexity index is 927. The molecule has 0 radical (unpaired) electrons. The Labute approximate surface area is 176 Å². The summed E-state index contributed by atoms with van der Waals surface area (Å²) in [5.74, 6) is 1.74. The molecule has 4 rings (SSSR count). The van der Waals surface area contributed by atoms with Gasteiger partial charge in [-0.1, -0.05) is 24.3 Å². The summed E-state index contributed by atoms with van der Waals surface area (Å²) in [6, 6.07) is 14.3. The van der Waals surface area contributed by atoms with Gasteiger partial charge in [-0.2, -0.15) is 0 Å². The number of guanidine groups is 1. The van der Waals surface area contributed by atoms with Gasteiger partial charge in [0.05, 0.1) is 18.8 Å². The van der Waals surface area contributed by atoms with Crippen molar-refractivity contribution >= 4 is 35.6 Å². The molecule has 1 aliphatic rings. The molecule has 0 saturated carbocycles. The van der Waals surface area contributed by atoms with Crippen LogP contribution in [0.3, 0.4) is 0 Å². The monoisotopic (exact) mass is 477 g/mol. The van der Waals surface area contributed by atoms with Gasteiger partial charge in [-0.3, -0.25) is 4.99 Å². The summed E-state index contributed by atoms with van der Waals surface area (Å²) >= 11 is 0. The van der Waals surface area contributed by atoms with Crippen LogP contribution < -0.4 is 15.4 Å². The summed E-state index contributed by atoms with van der Waals surface area (Å²) in [5.41, 5.74) is 4.37. The number of ether oxygens (including phenoxy) is 1. The summed E-state index contributed by atoms with van der Waals surface area (Å²) in [6.45, 7) is 3.40.